The van der Waals surface area contributed by atoms with E-state index in [0.29, 0.717) is 58.7 Å². The largest absolute Gasteiger partial charge is 0.465 e. The molecule has 2 aromatic carbocycles. The van der Waals surface area contributed by atoms with Crippen molar-refractivity contribution < 1.29 is 38.2 Å². The molecule has 16 nitrogen and oxygen atoms in total. The Bertz CT molecular complexity index is 2740. The minimum absolute atomic E-state index is 0.205. The number of aromatic nitrogens is 2. The third-order valence-corrected chi connectivity index (χ3v) is 15.1. The highest BCUT2D eigenvalue weighted by Gasteiger charge is 2.40. The molecule has 0 bridgehead atoms. The molecule has 7 rings (SSSR count). The highest BCUT2D eigenvalue weighted by Crippen LogP contribution is 2.42. The number of ether oxygens (including phenoxy) is 3. The van der Waals surface area contributed by atoms with Crippen molar-refractivity contribution in [2.45, 2.75) is 117 Å². The van der Waals surface area contributed by atoms with Gasteiger partial charge in [-0.1, -0.05) is 63.9 Å². The fourth-order valence-corrected chi connectivity index (χ4v) is 10.8. The van der Waals surface area contributed by atoms with Gasteiger partial charge in [-0.15, -0.1) is 0 Å². The highest BCUT2D eigenvalue weighted by atomic mass is 16.5. The van der Waals surface area contributed by atoms with E-state index in [1.807, 2.05) is 58.0 Å². The predicted molar refractivity (Wildman–Crippen MR) is 286 cm³/mol. The third kappa shape index (κ3) is 12.5. The summed E-state index contributed by atoms with van der Waals surface area (Å²) < 4.78 is 19.4. The third-order valence-electron chi connectivity index (χ3n) is 15.1. The number of benzene rings is 2. The van der Waals surface area contributed by atoms with E-state index in [0.717, 1.165) is 62.9 Å². The topological polar surface area (TPSA) is 168 Å². The van der Waals surface area contributed by atoms with E-state index in [9.17, 15) is 24.0 Å². The Morgan fingerprint density at radius 2 is 1.78 bits per heavy atom. The lowest BCUT2D eigenvalue weighted by Gasteiger charge is -2.35. The van der Waals surface area contributed by atoms with Gasteiger partial charge in [-0.25, -0.2) is 5.43 Å². The number of fused-ring (bicyclic) bond motifs is 1. The van der Waals surface area contributed by atoms with Gasteiger partial charge in [-0.3, -0.25) is 38.9 Å². The predicted octanol–water partition coefficient (Wildman–Crippen LogP) is 6.44. The van der Waals surface area contributed by atoms with E-state index in [4.69, 9.17) is 19.2 Å². The molecule has 4 amide bonds. The van der Waals surface area contributed by atoms with Gasteiger partial charge < -0.3 is 33.9 Å². The van der Waals surface area contributed by atoms with Crippen molar-refractivity contribution in [3.8, 4) is 34.2 Å². The highest BCUT2D eigenvalue weighted by molar-refractivity contribution is 5.97. The maximum atomic E-state index is 14.6. The molecule has 2 aromatic heterocycles. The lowest BCUT2D eigenvalue weighted by atomic mass is 9.84. The van der Waals surface area contributed by atoms with E-state index < -0.39 is 34.9 Å². The van der Waals surface area contributed by atoms with Crippen molar-refractivity contribution in [3.05, 3.63) is 77.6 Å². The smallest absolute Gasteiger partial charge is 0.302 e. The molecule has 0 saturated carbocycles. The van der Waals surface area contributed by atoms with Gasteiger partial charge in [0.15, 0.2) is 0 Å². The van der Waals surface area contributed by atoms with Crippen LogP contribution in [0.4, 0.5) is 0 Å². The number of carbonyl (C=O) groups excluding carboxylic acids is 5. The van der Waals surface area contributed by atoms with E-state index in [-0.39, 0.29) is 55.3 Å². The van der Waals surface area contributed by atoms with Gasteiger partial charge in [0, 0.05) is 101 Å². The molecule has 398 valence electrons. The first kappa shape index (κ1) is 55.6. The fraction of sp³-hybridized carbons (Fsp3) is 0.552. The van der Waals surface area contributed by atoms with Crippen LogP contribution in [-0.4, -0.2) is 151 Å². The Balaban J connectivity index is 1.16. The van der Waals surface area contributed by atoms with E-state index in [1.165, 1.54) is 11.8 Å². The van der Waals surface area contributed by atoms with Gasteiger partial charge in [-0.2, -0.15) is 0 Å². The number of hydrogen-bond acceptors (Lipinski definition) is 11. The number of carbonyl (C=O) groups is 5. The Kier molecular flexibility index (Phi) is 18.1. The Labute approximate surface area is 437 Å². The van der Waals surface area contributed by atoms with Crippen molar-refractivity contribution >= 4 is 40.5 Å². The number of amides is 4. The number of aryl methyl sites for hydroxylation is 1. The van der Waals surface area contributed by atoms with Crippen LogP contribution in [0.2, 0.25) is 0 Å². The van der Waals surface area contributed by atoms with Crippen molar-refractivity contribution in [3.63, 3.8) is 0 Å². The quantitative estimate of drug-likeness (QED) is 0.0832. The van der Waals surface area contributed by atoms with Crippen LogP contribution in [-0.2, 0) is 57.6 Å². The zero-order valence-electron chi connectivity index (χ0n) is 45.5. The molecule has 5 atom stereocenters. The molecule has 16 heteroatoms. The number of hydrazine groups is 1. The second-order valence-corrected chi connectivity index (χ2v) is 21.7. The van der Waals surface area contributed by atoms with E-state index in [2.05, 4.69) is 84.3 Å². The Morgan fingerprint density at radius 1 is 1.01 bits per heavy atom. The van der Waals surface area contributed by atoms with E-state index >= 15 is 0 Å². The molecule has 3 aliphatic rings. The molecule has 3 fully saturated rings. The van der Waals surface area contributed by atoms with Crippen LogP contribution in [0.25, 0.3) is 33.3 Å². The number of rotatable bonds is 18. The normalized spacial score (nSPS) is 19.3. The van der Waals surface area contributed by atoms with Crippen molar-refractivity contribution in [1.29, 1.82) is 0 Å². The monoisotopic (exact) mass is 1010 g/mol. The number of nitrogens with zero attached hydrogens (tertiary/aromatic N) is 6. The molecule has 0 radical (unpaired) electrons. The first-order chi connectivity index (χ1) is 35.3. The zero-order valence-corrected chi connectivity index (χ0v) is 45.5. The number of pyridine rings is 1. The minimum Gasteiger partial charge on any atom is -0.465 e. The van der Waals surface area contributed by atoms with Gasteiger partial charge in [-0.05, 0) is 112 Å². The minimum atomic E-state index is -0.945. The van der Waals surface area contributed by atoms with Crippen molar-refractivity contribution in [2.75, 3.05) is 74.3 Å². The summed E-state index contributed by atoms with van der Waals surface area (Å²) in [6, 6.07) is 16.8. The van der Waals surface area contributed by atoms with Crippen LogP contribution < -0.4 is 10.7 Å². The fourth-order valence-electron chi connectivity index (χ4n) is 10.8. The number of likely N-dealkylation sites (tertiary alicyclic amines) is 1. The van der Waals surface area contributed by atoms with Crippen LogP contribution in [0.3, 0.4) is 0 Å². The lowest BCUT2D eigenvalue weighted by Crippen LogP contribution is -2.59. The number of methoxy groups -OCH3 is 1. The van der Waals surface area contributed by atoms with Crippen LogP contribution >= 0.6 is 0 Å². The second-order valence-electron chi connectivity index (χ2n) is 21.7. The summed E-state index contributed by atoms with van der Waals surface area (Å²) in [7, 11) is 7.18. The van der Waals surface area contributed by atoms with Crippen LogP contribution in [0.15, 0.2) is 60.8 Å². The number of hydrogen-bond donors (Lipinski definition) is 2. The molecule has 2 N–H and O–H groups in total. The van der Waals surface area contributed by atoms with Crippen LogP contribution in [0, 0.1) is 29.1 Å². The maximum absolute atomic E-state index is 14.6. The van der Waals surface area contributed by atoms with Crippen molar-refractivity contribution in [1.82, 2.24) is 40.0 Å². The summed E-state index contributed by atoms with van der Waals surface area (Å²) in [4.78, 5) is 78.6. The number of likely N-dealkylation sites (N-methyl/N-ethyl adjacent to an activating group) is 2. The Hall–Kier alpha value is -6.12. The molecule has 4 aromatic rings. The lowest BCUT2D eigenvalue weighted by molar-refractivity contribution is -0.146. The van der Waals surface area contributed by atoms with Crippen LogP contribution in [0.1, 0.15) is 97.1 Å². The van der Waals surface area contributed by atoms with Crippen molar-refractivity contribution in [2.24, 2.45) is 17.3 Å². The summed E-state index contributed by atoms with van der Waals surface area (Å²) >= 11 is 0. The molecule has 74 heavy (non-hydrogen) atoms. The first-order valence-corrected chi connectivity index (χ1v) is 26.3. The maximum Gasteiger partial charge on any atom is 0.302 e. The summed E-state index contributed by atoms with van der Waals surface area (Å²) in [6.45, 7) is 17.3. The average Bonchev–Trinajstić information content (AvgIpc) is 4.16. The Morgan fingerprint density at radius 3 is 2.45 bits per heavy atom. The molecule has 0 aliphatic carbocycles. The summed E-state index contributed by atoms with van der Waals surface area (Å²) in [5.74, 6) is 3.65. The summed E-state index contributed by atoms with van der Waals surface area (Å²) in [6.07, 6.45) is 5.26. The molecule has 3 aliphatic heterocycles. The molecule has 3 saturated heterocycles. The molecule has 0 unspecified atom stereocenters. The number of nitrogens with one attached hydrogen (secondary N) is 2. The average molecular weight is 1020 g/mol. The molecule has 5 heterocycles. The standard InChI is InChI=1S/C58H78N8O8/c1-12-65-49-21-20-43(33-46(49)47(34-57(6,7)36-74-40(5)67)53(65)45-19-16-26-59-51(45)39(4)72-11)42-18-15-17-41(31-42)32-48(56(71)66-28-14-13-27-60-66)61-54(69)52(38(2)3)63(10)55(70)44-23-29-64(35-44)50(68)22-24-58(62(8)9)25-30-73-37-58/h15-21,26,31,33,38-39,44,48,52,60H,12-14,23,25,27-30,32,34-37H2,1-11H3,(H,61,69)/t39-,44-,48-,52-,58+/m0/s1. The van der Waals surface area contributed by atoms with Crippen LogP contribution in [0.5, 0.6) is 0 Å². The first-order valence-electron chi connectivity index (χ1n) is 26.3. The van der Waals surface area contributed by atoms with Gasteiger partial charge in [0.1, 0.15) is 17.6 Å². The molecular formula is C58H78N8O8. The van der Waals surface area contributed by atoms with Gasteiger partial charge >= 0.3 is 5.97 Å². The van der Waals surface area contributed by atoms with Gasteiger partial charge in [0.2, 0.25) is 11.8 Å². The second kappa shape index (κ2) is 24.0. The summed E-state index contributed by atoms with van der Waals surface area (Å²) in [5, 5.41) is 5.80. The zero-order chi connectivity index (χ0) is 53.5. The van der Waals surface area contributed by atoms with E-state index in [1.54, 1.807) is 30.3 Å². The van der Waals surface area contributed by atoms with Gasteiger partial charge in [0.25, 0.3) is 11.8 Å². The summed E-state index contributed by atoms with van der Waals surface area (Å²) in [5.41, 5.74) is 10.1. The molecule has 0 spiro atoms. The number of esters is 1. The SMILES string of the molecule is CCn1c(-c2cccnc2[C@H](C)OC)c(CC(C)(C)COC(C)=O)c2cc(-c3cccc(C[C@H](NC(=O)[C@H](C(C)C)N(C)C(=O)[C@H]4CCN(C(=O)C#C[C@@]5(N(C)C)CCOC5)C4)C(=O)N4CCCCN4)c3)ccc21. The molecular weight excluding hydrogens is 937 g/mol. The van der Waals surface area contributed by atoms with Gasteiger partial charge in [0.05, 0.1) is 36.6 Å².